The third-order valence-electron chi connectivity index (χ3n) is 4.42. The highest BCUT2D eigenvalue weighted by Gasteiger charge is 2.22. The minimum Gasteiger partial charge on any atom is -0.496 e. The molecule has 23 heavy (non-hydrogen) atoms. The van der Waals surface area contributed by atoms with Crippen molar-refractivity contribution in [3.05, 3.63) is 45.9 Å². The number of nitrogens with zero attached hydrogens (tertiary/aromatic N) is 2. The van der Waals surface area contributed by atoms with Crippen LogP contribution in [0, 0.1) is 18.3 Å². The monoisotopic (exact) mass is 370 g/mol. The van der Waals surface area contributed by atoms with Gasteiger partial charge in [-0.15, -0.1) is 0 Å². The van der Waals surface area contributed by atoms with Crippen molar-refractivity contribution in [3.8, 4) is 22.9 Å². The molecule has 0 atom stereocenters. The number of rotatable bonds is 3. The number of halogens is 1. The number of benzene rings is 2. The Balaban J connectivity index is 2.22. The topological polar surface area (TPSA) is 36.3 Å². The van der Waals surface area contributed by atoms with Crippen LogP contribution in [0.15, 0.2) is 34.8 Å². The average Bonchev–Trinajstić information content (AvgIpc) is 3.09. The molecule has 2 aromatic carbocycles. The summed E-state index contributed by atoms with van der Waals surface area (Å²) in [4.78, 5) is 2.31. The summed E-state index contributed by atoms with van der Waals surface area (Å²) in [5.74, 6) is 0.784. The van der Waals surface area contributed by atoms with Gasteiger partial charge in [0.05, 0.1) is 18.4 Å². The van der Waals surface area contributed by atoms with Gasteiger partial charge >= 0.3 is 0 Å². The van der Waals surface area contributed by atoms with Crippen molar-refractivity contribution in [2.75, 3.05) is 25.1 Å². The lowest BCUT2D eigenvalue weighted by Gasteiger charge is -2.23. The first-order valence-corrected chi connectivity index (χ1v) is 8.57. The molecule has 118 valence electrons. The van der Waals surface area contributed by atoms with Gasteiger partial charge < -0.3 is 9.64 Å². The van der Waals surface area contributed by atoms with E-state index in [1.165, 1.54) is 12.8 Å². The molecule has 0 unspecified atom stereocenters. The van der Waals surface area contributed by atoms with Crippen LogP contribution in [0.3, 0.4) is 0 Å². The molecule has 2 aromatic rings. The summed E-state index contributed by atoms with van der Waals surface area (Å²) in [5, 5.41) is 9.64. The lowest BCUT2D eigenvalue weighted by molar-refractivity contribution is 0.413. The molecule has 3 nitrogen and oxygen atoms in total. The molecule has 0 aromatic heterocycles. The minimum absolute atomic E-state index is 0.726. The van der Waals surface area contributed by atoms with E-state index in [-0.39, 0.29) is 0 Å². The van der Waals surface area contributed by atoms with Crippen molar-refractivity contribution in [2.45, 2.75) is 19.8 Å². The molecule has 1 fully saturated rings. The second kappa shape index (κ2) is 6.64. The minimum atomic E-state index is 0.726. The largest absolute Gasteiger partial charge is 0.496 e. The zero-order valence-corrected chi connectivity index (χ0v) is 15.0. The van der Waals surface area contributed by atoms with Crippen molar-refractivity contribution in [1.82, 2.24) is 0 Å². The van der Waals surface area contributed by atoms with Crippen LogP contribution in [0.4, 0.5) is 5.69 Å². The first-order valence-electron chi connectivity index (χ1n) is 7.78. The highest BCUT2D eigenvalue weighted by atomic mass is 79.9. The van der Waals surface area contributed by atoms with Crippen molar-refractivity contribution < 1.29 is 4.74 Å². The summed E-state index contributed by atoms with van der Waals surface area (Å²) in [7, 11) is 1.67. The van der Waals surface area contributed by atoms with Crippen molar-refractivity contribution in [1.29, 1.82) is 5.26 Å². The standard InChI is InChI=1S/C19H19BrN2O/c1-13-17(12-21)18(22-9-3-4-10-22)11-16(19(13)23-2)14-5-7-15(20)8-6-14/h5-8,11H,3-4,9-10H2,1-2H3. The molecule has 0 radical (unpaired) electrons. The molecule has 1 aliphatic heterocycles. The molecule has 0 N–H and O–H groups in total. The van der Waals surface area contributed by atoms with E-state index in [0.29, 0.717) is 0 Å². The van der Waals surface area contributed by atoms with E-state index >= 15 is 0 Å². The molecule has 1 aliphatic rings. The van der Waals surface area contributed by atoms with E-state index in [1.54, 1.807) is 7.11 Å². The van der Waals surface area contributed by atoms with Crippen molar-refractivity contribution in [3.63, 3.8) is 0 Å². The van der Waals surface area contributed by atoms with Gasteiger partial charge in [-0.2, -0.15) is 5.26 Å². The number of ether oxygens (including phenoxy) is 1. The molecular weight excluding hydrogens is 352 g/mol. The summed E-state index contributed by atoms with van der Waals surface area (Å²) in [6.07, 6.45) is 2.37. The molecule has 0 aliphatic carbocycles. The molecular formula is C19H19BrN2O. The maximum Gasteiger partial charge on any atom is 0.131 e. The van der Waals surface area contributed by atoms with E-state index in [1.807, 2.05) is 19.1 Å². The summed E-state index contributed by atoms with van der Waals surface area (Å²) < 4.78 is 6.69. The number of methoxy groups -OCH3 is 1. The first kappa shape index (κ1) is 15.9. The predicted molar refractivity (Wildman–Crippen MR) is 97.0 cm³/mol. The fourth-order valence-corrected chi connectivity index (χ4v) is 3.50. The molecule has 4 heteroatoms. The number of hydrogen-bond donors (Lipinski definition) is 0. The van der Waals surface area contributed by atoms with Gasteiger partial charge in [-0.1, -0.05) is 28.1 Å². The van der Waals surface area contributed by atoms with Crippen LogP contribution in [-0.2, 0) is 0 Å². The van der Waals surface area contributed by atoms with Gasteiger partial charge in [-0.3, -0.25) is 0 Å². The van der Waals surface area contributed by atoms with Gasteiger partial charge in [0.1, 0.15) is 11.8 Å². The van der Waals surface area contributed by atoms with Gasteiger partial charge in [0.15, 0.2) is 0 Å². The van der Waals surface area contributed by atoms with Crippen LogP contribution < -0.4 is 9.64 Å². The zero-order valence-electron chi connectivity index (χ0n) is 13.4. The van der Waals surface area contributed by atoms with Crippen molar-refractivity contribution >= 4 is 21.6 Å². The zero-order chi connectivity index (χ0) is 16.4. The van der Waals surface area contributed by atoms with E-state index in [0.717, 1.165) is 51.3 Å². The first-order chi connectivity index (χ1) is 11.2. The summed E-state index contributed by atoms with van der Waals surface area (Å²) in [5.41, 5.74) is 4.81. The molecule has 0 spiro atoms. The van der Waals surface area contributed by atoms with Gasteiger partial charge in [0.2, 0.25) is 0 Å². The van der Waals surface area contributed by atoms with E-state index in [2.05, 4.69) is 45.1 Å². The van der Waals surface area contributed by atoms with Crippen LogP contribution in [0.5, 0.6) is 5.75 Å². The van der Waals surface area contributed by atoms with Crippen molar-refractivity contribution in [2.24, 2.45) is 0 Å². The second-order valence-corrected chi connectivity index (χ2v) is 6.71. The molecule has 0 amide bonds. The third-order valence-corrected chi connectivity index (χ3v) is 4.94. The Kier molecular flexibility index (Phi) is 4.58. The third kappa shape index (κ3) is 2.94. The fourth-order valence-electron chi connectivity index (χ4n) is 3.24. The lowest BCUT2D eigenvalue weighted by atomic mass is 9.96. The van der Waals surface area contributed by atoms with E-state index in [9.17, 15) is 5.26 Å². The normalized spacial score (nSPS) is 13.9. The van der Waals surface area contributed by atoms with Crippen LogP contribution in [-0.4, -0.2) is 20.2 Å². The van der Waals surface area contributed by atoms with Gasteiger partial charge in [0, 0.05) is 28.7 Å². The molecule has 0 bridgehead atoms. The molecule has 3 rings (SSSR count). The Hall–Kier alpha value is -1.99. The van der Waals surface area contributed by atoms with Gasteiger partial charge in [0.25, 0.3) is 0 Å². The Labute approximate surface area is 145 Å². The van der Waals surface area contributed by atoms with Crippen LogP contribution in [0.2, 0.25) is 0 Å². The molecule has 0 saturated carbocycles. The Morgan fingerprint density at radius 3 is 2.39 bits per heavy atom. The Morgan fingerprint density at radius 1 is 1.17 bits per heavy atom. The quantitative estimate of drug-likeness (QED) is 0.770. The predicted octanol–water partition coefficient (Wildman–Crippen LogP) is 4.91. The van der Waals surface area contributed by atoms with Crippen LogP contribution in [0.1, 0.15) is 24.0 Å². The van der Waals surface area contributed by atoms with Crippen LogP contribution >= 0.6 is 15.9 Å². The fraction of sp³-hybridized carbons (Fsp3) is 0.316. The second-order valence-electron chi connectivity index (χ2n) is 5.79. The van der Waals surface area contributed by atoms with Gasteiger partial charge in [-0.25, -0.2) is 0 Å². The maximum atomic E-state index is 9.64. The smallest absolute Gasteiger partial charge is 0.131 e. The highest BCUT2D eigenvalue weighted by Crippen LogP contribution is 2.41. The maximum absolute atomic E-state index is 9.64. The molecule has 1 saturated heterocycles. The van der Waals surface area contributed by atoms with E-state index < -0.39 is 0 Å². The van der Waals surface area contributed by atoms with Crippen LogP contribution in [0.25, 0.3) is 11.1 Å². The SMILES string of the molecule is COc1c(-c2ccc(Br)cc2)cc(N2CCCC2)c(C#N)c1C. The summed E-state index contributed by atoms with van der Waals surface area (Å²) in [6, 6.07) is 12.7. The Morgan fingerprint density at radius 2 is 1.83 bits per heavy atom. The number of anilines is 1. The molecule has 1 heterocycles. The summed E-state index contributed by atoms with van der Waals surface area (Å²) in [6.45, 7) is 4.00. The average molecular weight is 371 g/mol. The lowest BCUT2D eigenvalue weighted by Crippen LogP contribution is -2.19. The number of hydrogen-bond acceptors (Lipinski definition) is 3. The highest BCUT2D eigenvalue weighted by molar-refractivity contribution is 9.10. The number of nitriles is 1. The van der Waals surface area contributed by atoms with Gasteiger partial charge in [-0.05, 0) is 43.5 Å². The summed E-state index contributed by atoms with van der Waals surface area (Å²) >= 11 is 3.48. The van der Waals surface area contributed by atoms with E-state index in [4.69, 9.17) is 4.74 Å². The Bertz CT molecular complexity index is 756.